The summed E-state index contributed by atoms with van der Waals surface area (Å²) in [5.41, 5.74) is -8.08. The van der Waals surface area contributed by atoms with Crippen LogP contribution < -0.4 is 15.2 Å². The smallest absolute Gasteiger partial charge is 0.294 e. The predicted molar refractivity (Wildman–Crippen MR) is 53.8 cm³/mol. The lowest BCUT2D eigenvalue weighted by atomic mass is 10.2. The molecule has 0 atom stereocenters. The van der Waals surface area contributed by atoms with Crippen LogP contribution in [-0.2, 0) is 20.0 Å². The zero-order valence-corrected chi connectivity index (χ0v) is 11.7. The highest BCUT2D eigenvalue weighted by Crippen LogP contribution is 2.31. The molecule has 7 nitrogen and oxygen atoms in total. The first-order chi connectivity index (χ1) is 9.16. The van der Waals surface area contributed by atoms with Gasteiger partial charge in [0.2, 0.25) is 5.79 Å². The van der Waals surface area contributed by atoms with Crippen molar-refractivity contribution in [3.63, 3.8) is 0 Å². The van der Waals surface area contributed by atoms with Crippen molar-refractivity contribution in [3.05, 3.63) is 0 Å². The van der Waals surface area contributed by atoms with Gasteiger partial charge >= 0.3 is 31.1 Å². The summed E-state index contributed by atoms with van der Waals surface area (Å²) in [6, 6.07) is 0. The minimum atomic E-state index is -6.71. The molecule has 0 aliphatic rings. The van der Waals surface area contributed by atoms with Crippen LogP contribution in [0.3, 0.4) is 0 Å². The summed E-state index contributed by atoms with van der Waals surface area (Å²) >= 11 is 0. The standard InChI is InChI=1S/C5H7F8N3O4S2/c1-2(6,7)3(14,15-21(17,18)4(8,9)10)16-22(19,20)5(11,12)13/h15-16H,14H2,1H3. The van der Waals surface area contributed by atoms with E-state index in [-0.39, 0.29) is 9.44 Å². The molecule has 0 fully saturated rings. The van der Waals surface area contributed by atoms with Gasteiger partial charge in [-0.25, -0.2) is 25.6 Å². The number of hydrogen-bond acceptors (Lipinski definition) is 5. The van der Waals surface area contributed by atoms with Crippen LogP contribution in [0, 0.1) is 0 Å². The third-order valence-electron chi connectivity index (χ3n) is 1.89. The van der Waals surface area contributed by atoms with Crippen LogP contribution >= 0.6 is 0 Å². The maximum atomic E-state index is 13.1. The number of halogens is 8. The molecule has 17 heteroatoms. The number of alkyl halides is 8. The molecule has 22 heavy (non-hydrogen) atoms. The van der Waals surface area contributed by atoms with Gasteiger partial charge in [-0.3, -0.25) is 5.73 Å². The van der Waals surface area contributed by atoms with Gasteiger partial charge in [-0.1, -0.05) is 0 Å². The number of sulfonamides is 2. The van der Waals surface area contributed by atoms with Gasteiger partial charge in [0.05, 0.1) is 0 Å². The summed E-state index contributed by atoms with van der Waals surface area (Å²) in [7, 11) is -13.4. The molecule has 0 saturated heterocycles. The Morgan fingerprint density at radius 3 is 1.09 bits per heavy atom. The van der Waals surface area contributed by atoms with Crippen molar-refractivity contribution < 1.29 is 52.0 Å². The highest BCUT2D eigenvalue weighted by Gasteiger charge is 2.61. The first kappa shape index (κ1) is 21.2. The van der Waals surface area contributed by atoms with Crippen molar-refractivity contribution in [2.24, 2.45) is 5.73 Å². The Morgan fingerprint density at radius 1 is 0.727 bits per heavy atom. The molecule has 0 bridgehead atoms. The molecule has 0 aromatic carbocycles. The molecule has 0 heterocycles. The van der Waals surface area contributed by atoms with E-state index >= 15 is 0 Å². The van der Waals surface area contributed by atoms with E-state index < -0.39 is 49.7 Å². The minimum absolute atomic E-state index is 0.0374. The predicted octanol–water partition coefficient (Wildman–Crippen LogP) is 0.133. The summed E-state index contributed by atoms with van der Waals surface area (Å²) in [5, 5.41) is 0. The molecular weight excluding hydrogens is 382 g/mol. The van der Waals surface area contributed by atoms with Crippen molar-refractivity contribution in [2.75, 3.05) is 0 Å². The topological polar surface area (TPSA) is 118 Å². The van der Waals surface area contributed by atoms with E-state index in [2.05, 4.69) is 5.73 Å². The third kappa shape index (κ3) is 4.37. The second-order valence-corrected chi connectivity index (χ2v) is 7.15. The van der Waals surface area contributed by atoms with Gasteiger partial charge in [0.25, 0.3) is 5.92 Å². The van der Waals surface area contributed by atoms with Crippen LogP contribution in [-0.4, -0.2) is 39.6 Å². The van der Waals surface area contributed by atoms with Crippen LogP contribution in [0.5, 0.6) is 0 Å². The van der Waals surface area contributed by atoms with Crippen molar-refractivity contribution >= 4 is 20.0 Å². The van der Waals surface area contributed by atoms with Crippen molar-refractivity contribution in [3.8, 4) is 0 Å². The Hall–Kier alpha value is -0.780. The molecule has 0 amide bonds. The second kappa shape index (κ2) is 5.39. The molecule has 0 radical (unpaired) electrons. The summed E-state index contributed by atoms with van der Waals surface area (Å²) in [4.78, 5) is 0. The van der Waals surface area contributed by atoms with Gasteiger partial charge in [-0.05, 0) is 0 Å². The van der Waals surface area contributed by atoms with Crippen LogP contribution in [0.1, 0.15) is 6.92 Å². The van der Waals surface area contributed by atoms with Crippen LogP contribution in [0.15, 0.2) is 0 Å². The number of hydrogen-bond donors (Lipinski definition) is 3. The van der Waals surface area contributed by atoms with Gasteiger partial charge in [-0.2, -0.15) is 35.8 Å². The number of nitrogens with one attached hydrogen (secondary N) is 2. The monoisotopic (exact) mass is 389 g/mol. The minimum Gasteiger partial charge on any atom is -0.294 e. The van der Waals surface area contributed by atoms with Gasteiger partial charge in [0.15, 0.2) is 0 Å². The van der Waals surface area contributed by atoms with Crippen molar-refractivity contribution in [2.45, 2.75) is 29.6 Å². The molecule has 0 aliphatic carbocycles. The fraction of sp³-hybridized carbons (Fsp3) is 1.00. The fourth-order valence-electron chi connectivity index (χ4n) is 0.740. The van der Waals surface area contributed by atoms with E-state index in [1.807, 2.05) is 0 Å². The lowest BCUT2D eigenvalue weighted by Crippen LogP contribution is -2.76. The van der Waals surface area contributed by atoms with E-state index in [0.29, 0.717) is 0 Å². The highest BCUT2D eigenvalue weighted by molar-refractivity contribution is 7.91. The third-order valence-corrected chi connectivity index (χ3v) is 4.29. The normalized spacial score (nSPS) is 15.9. The summed E-state index contributed by atoms with van der Waals surface area (Å²) in [6.07, 6.45) is 0. The SMILES string of the molecule is CC(F)(F)C(N)(NS(=O)(=O)C(F)(F)F)NS(=O)(=O)C(F)(F)F. The largest absolute Gasteiger partial charge is 0.511 e. The molecule has 0 unspecified atom stereocenters. The zero-order valence-electron chi connectivity index (χ0n) is 10.1. The molecule has 0 rings (SSSR count). The van der Waals surface area contributed by atoms with Gasteiger partial charge in [-0.15, -0.1) is 0 Å². The van der Waals surface area contributed by atoms with E-state index in [1.165, 1.54) is 0 Å². The zero-order chi connectivity index (χ0) is 18.4. The van der Waals surface area contributed by atoms with Gasteiger partial charge in [0, 0.05) is 6.92 Å². The Kier molecular flexibility index (Phi) is 5.20. The quantitative estimate of drug-likeness (QED) is 0.456. The maximum Gasteiger partial charge on any atom is 0.511 e. The average Bonchev–Trinajstić information content (AvgIpc) is 2.08. The Labute approximate surface area is 117 Å². The first-order valence-corrected chi connectivity index (χ1v) is 7.50. The first-order valence-electron chi connectivity index (χ1n) is 4.53. The molecule has 4 N–H and O–H groups in total. The maximum absolute atomic E-state index is 13.1. The second-order valence-electron chi connectivity index (χ2n) is 3.80. The fourth-order valence-corrected chi connectivity index (χ4v) is 2.34. The van der Waals surface area contributed by atoms with Gasteiger partial charge < -0.3 is 0 Å². The van der Waals surface area contributed by atoms with Gasteiger partial charge in [0.1, 0.15) is 0 Å². The Balaban J connectivity index is 5.98. The molecule has 134 valence electrons. The van der Waals surface area contributed by atoms with Crippen molar-refractivity contribution in [1.29, 1.82) is 0 Å². The van der Waals surface area contributed by atoms with E-state index in [0.717, 1.165) is 0 Å². The molecule has 0 aromatic heterocycles. The van der Waals surface area contributed by atoms with E-state index in [1.54, 1.807) is 0 Å². The molecule has 0 aliphatic heterocycles. The molecule has 0 spiro atoms. The lowest BCUT2D eigenvalue weighted by Gasteiger charge is -2.35. The Morgan fingerprint density at radius 2 is 0.955 bits per heavy atom. The van der Waals surface area contributed by atoms with E-state index in [9.17, 15) is 52.0 Å². The van der Waals surface area contributed by atoms with E-state index in [4.69, 9.17) is 0 Å². The van der Waals surface area contributed by atoms with Crippen molar-refractivity contribution in [1.82, 2.24) is 9.44 Å². The number of nitrogens with two attached hydrogens (primary N) is 1. The Bertz CT molecular complexity index is 570. The summed E-state index contributed by atoms with van der Waals surface area (Å²) in [6.45, 7) is -0.412. The molecule has 0 aromatic rings. The average molecular weight is 389 g/mol. The molecule has 0 saturated carbocycles. The number of rotatable bonds is 5. The van der Waals surface area contributed by atoms with Crippen LogP contribution in [0.25, 0.3) is 0 Å². The van der Waals surface area contributed by atoms with Crippen LogP contribution in [0.4, 0.5) is 35.1 Å². The molecular formula is C5H7F8N3O4S2. The summed E-state index contributed by atoms with van der Waals surface area (Å²) in [5.74, 6) is -9.53. The highest BCUT2D eigenvalue weighted by atomic mass is 32.2. The van der Waals surface area contributed by atoms with Crippen LogP contribution in [0.2, 0.25) is 0 Å². The summed E-state index contributed by atoms with van der Waals surface area (Å²) < 4.78 is 141. The lowest BCUT2D eigenvalue weighted by molar-refractivity contribution is -0.0808.